The van der Waals surface area contributed by atoms with E-state index >= 15 is 0 Å². The predicted molar refractivity (Wildman–Crippen MR) is 162 cm³/mol. The number of rotatable bonds is 7. The Hall–Kier alpha value is -1.88. The smallest absolute Gasteiger partial charge is 0.169 e. The first-order valence-corrected chi connectivity index (χ1v) is 15.9. The number of ether oxygens (including phenoxy) is 2. The molecule has 1 aromatic carbocycles. The van der Waals surface area contributed by atoms with Gasteiger partial charge in [0.1, 0.15) is 0 Å². The molecule has 4 nitrogen and oxygen atoms in total. The molecule has 0 bridgehead atoms. The lowest BCUT2D eigenvalue weighted by molar-refractivity contribution is -0.312. The normalized spacial score (nSPS) is 36.0. The minimum absolute atomic E-state index is 0.0104. The maximum absolute atomic E-state index is 11.2. The van der Waals surface area contributed by atoms with E-state index in [1.165, 1.54) is 30.4 Å². The third kappa shape index (κ3) is 5.14. The summed E-state index contributed by atoms with van der Waals surface area (Å²) in [6.45, 7) is 17.2. The first-order chi connectivity index (χ1) is 19.1. The summed E-state index contributed by atoms with van der Waals surface area (Å²) in [4.78, 5) is 0. The second kappa shape index (κ2) is 10.7. The number of nitrogens with one attached hydrogen (secondary N) is 1. The van der Waals surface area contributed by atoms with Crippen LogP contribution in [0.25, 0.3) is 0 Å². The molecule has 218 valence electrons. The van der Waals surface area contributed by atoms with Crippen molar-refractivity contribution in [2.24, 2.45) is 28.6 Å². The number of allylic oxidation sites excluding steroid dienone is 3. The van der Waals surface area contributed by atoms with Crippen molar-refractivity contribution in [1.29, 1.82) is 0 Å². The summed E-state index contributed by atoms with van der Waals surface area (Å²) < 4.78 is 13.0. The summed E-state index contributed by atoms with van der Waals surface area (Å²) in [6, 6.07) is 9.44. The Morgan fingerprint density at radius 3 is 2.52 bits per heavy atom. The Labute approximate surface area is 242 Å². The molecule has 4 aliphatic carbocycles. The molecule has 6 atom stereocenters. The third-order valence-corrected chi connectivity index (χ3v) is 11.3. The number of aryl methyl sites for hydroxylation is 1. The Morgan fingerprint density at radius 2 is 1.80 bits per heavy atom. The molecule has 0 radical (unpaired) electrons. The van der Waals surface area contributed by atoms with Gasteiger partial charge in [-0.05, 0) is 85.7 Å². The zero-order valence-corrected chi connectivity index (χ0v) is 25.1. The molecular formula is C36H51NO3. The zero-order chi connectivity index (χ0) is 28.1. The summed E-state index contributed by atoms with van der Waals surface area (Å²) in [5.41, 5.74) is 7.44. The van der Waals surface area contributed by atoms with Crippen LogP contribution in [-0.4, -0.2) is 36.8 Å². The van der Waals surface area contributed by atoms with E-state index < -0.39 is 0 Å². The maximum atomic E-state index is 11.2. The van der Waals surface area contributed by atoms with Crippen LogP contribution in [0.2, 0.25) is 0 Å². The van der Waals surface area contributed by atoms with E-state index in [4.69, 9.17) is 9.47 Å². The van der Waals surface area contributed by atoms with E-state index in [0.29, 0.717) is 23.7 Å². The number of fused-ring (bicyclic) bond motifs is 4. The first-order valence-electron chi connectivity index (χ1n) is 15.9. The van der Waals surface area contributed by atoms with Crippen LogP contribution in [0.4, 0.5) is 0 Å². The molecule has 1 aromatic rings. The van der Waals surface area contributed by atoms with Gasteiger partial charge in [0, 0.05) is 36.4 Å². The summed E-state index contributed by atoms with van der Waals surface area (Å²) >= 11 is 0. The quantitative estimate of drug-likeness (QED) is 0.350. The van der Waals surface area contributed by atoms with Gasteiger partial charge in [-0.1, -0.05) is 68.8 Å². The summed E-state index contributed by atoms with van der Waals surface area (Å²) in [5.74, 6) is 1.79. The highest BCUT2D eigenvalue weighted by Gasteiger charge is 2.57. The Kier molecular flexibility index (Phi) is 7.59. The van der Waals surface area contributed by atoms with E-state index in [1.807, 2.05) is 6.08 Å². The second-order valence-corrected chi connectivity index (χ2v) is 14.7. The van der Waals surface area contributed by atoms with Gasteiger partial charge in [-0.3, -0.25) is 0 Å². The highest BCUT2D eigenvalue weighted by Crippen LogP contribution is 2.65. The number of aliphatic hydroxyl groups excluding tert-OH is 1. The lowest BCUT2D eigenvalue weighted by Gasteiger charge is -2.55. The number of hydrogen-bond donors (Lipinski definition) is 2. The average molecular weight is 546 g/mol. The standard InChI is InChI=1S/C36H51NO3/c1-6-19-37-24(2)7-8-25-9-11-26(12-10-25)30-21-35(5)31(15-16-32(35)38)29-14-13-27-20-36(18-17-28(27)33(29)30)39-22-34(3,4)23-40-36/h6,9-12,27,29-32,37-38H,1-2,7-8,13-23H2,3-5H3. The number of aliphatic hydroxyl groups is 1. The van der Waals surface area contributed by atoms with Gasteiger partial charge in [0.2, 0.25) is 0 Å². The van der Waals surface area contributed by atoms with E-state index in [2.05, 4.69) is 63.5 Å². The van der Waals surface area contributed by atoms with Crippen molar-refractivity contribution >= 4 is 0 Å². The van der Waals surface area contributed by atoms with Crippen LogP contribution < -0.4 is 5.32 Å². The molecule has 1 spiro atoms. The summed E-state index contributed by atoms with van der Waals surface area (Å²) in [5, 5.41) is 14.6. The number of hydrogen-bond acceptors (Lipinski definition) is 4. The highest BCUT2D eigenvalue weighted by atomic mass is 16.7. The second-order valence-electron chi connectivity index (χ2n) is 14.7. The molecule has 0 amide bonds. The minimum Gasteiger partial charge on any atom is -0.393 e. The van der Waals surface area contributed by atoms with Crippen molar-refractivity contribution in [1.82, 2.24) is 5.32 Å². The van der Waals surface area contributed by atoms with E-state index in [1.54, 1.807) is 11.1 Å². The van der Waals surface area contributed by atoms with Crippen molar-refractivity contribution in [2.45, 2.75) is 103 Å². The van der Waals surface area contributed by atoms with Gasteiger partial charge in [-0.15, -0.1) is 6.58 Å². The molecular weight excluding hydrogens is 494 g/mol. The van der Waals surface area contributed by atoms with Crippen LogP contribution in [0.5, 0.6) is 0 Å². The Balaban J connectivity index is 1.27. The third-order valence-electron chi connectivity index (χ3n) is 11.3. The fourth-order valence-corrected chi connectivity index (χ4v) is 9.02. The van der Waals surface area contributed by atoms with Crippen LogP contribution >= 0.6 is 0 Å². The first kappa shape index (κ1) is 28.2. The molecule has 6 rings (SSSR count). The predicted octanol–water partition coefficient (Wildman–Crippen LogP) is 7.45. The molecule has 1 heterocycles. The zero-order valence-electron chi connectivity index (χ0n) is 25.1. The molecule has 0 aromatic heterocycles. The minimum atomic E-state index is -0.383. The van der Waals surface area contributed by atoms with Crippen molar-refractivity contribution < 1.29 is 14.6 Å². The molecule has 6 unspecified atom stereocenters. The molecule has 4 heteroatoms. The van der Waals surface area contributed by atoms with E-state index in [0.717, 1.165) is 70.4 Å². The van der Waals surface area contributed by atoms with Crippen LogP contribution in [0.3, 0.4) is 0 Å². The van der Waals surface area contributed by atoms with Gasteiger partial charge in [-0.2, -0.15) is 0 Å². The molecule has 1 aliphatic heterocycles. The van der Waals surface area contributed by atoms with Gasteiger partial charge < -0.3 is 19.9 Å². The van der Waals surface area contributed by atoms with Crippen LogP contribution in [0, 0.1) is 28.6 Å². The summed E-state index contributed by atoms with van der Waals surface area (Å²) in [6.07, 6.45) is 12.4. The van der Waals surface area contributed by atoms with Crippen molar-refractivity contribution in [2.75, 3.05) is 19.8 Å². The lowest BCUT2D eigenvalue weighted by atomic mass is 9.52. The maximum Gasteiger partial charge on any atom is 0.169 e. The topological polar surface area (TPSA) is 50.7 Å². The molecule has 40 heavy (non-hydrogen) atoms. The van der Waals surface area contributed by atoms with Gasteiger partial charge in [0.15, 0.2) is 5.79 Å². The highest BCUT2D eigenvalue weighted by molar-refractivity contribution is 5.41. The van der Waals surface area contributed by atoms with Crippen LogP contribution in [0.15, 0.2) is 60.3 Å². The lowest BCUT2D eigenvalue weighted by Crippen LogP contribution is -2.52. The fourth-order valence-electron chi connectivity index (χ4n) is 9.02. The van der Waals surface area contributed by atoms with Crippen molar-refractivity contribution in [3.8, 4) is 0 Å². The molecule has 2 N–H and O–H groups in total. The van der Waals surface area contributed by atoms with Gasteiger partial charge in [0.25, 0.3) is 0 Å². The monoisotopic (exact) mass is 545 g/mol. The van der Waals surface area contributed by atoms with Crippen molar-refractivity contribution in [3.05, 3.63) is 71.5 Å². The van der Waals surface area contributed by atoms with Crippen LogP contribution in [0.1, 0.15) is 95.6 Å². The van der Waals surface area contributed by atoms with Gasteiger partial charge in [0.05, 0.1) is 19.3 Å². The molecule has 3 saturated carbocycles. The van der Waals surface area contributed by atoms with Gasteiger partial charge >= 0.3 is 0 Å². The van der Waals surface area contributed by atoms with E-state index in [9.17, 15) is 5.11 Å². The van der Waals surface area contributed by atoms with Gasteiger partial charge in [-0.25, -0.2) is 0 Å². The molecule has 5 aliphatic rings. The summed E-state index contributed by atoms with van der Waals surface area (Å²) in [7, 11) is 0. The van der Waals surface area contributed by atoms with Crippen LogP contribution in [-0.2, 0) is 15.9 Å². The Morgan fingerprint density at radius 1 is 1.05 bits per heavy atom. The Bertz CT molecular complexity index is 1140. The molecule has 4 fully saturated rings. The average Bonchev–Trinajstić information content (AvgIpc) is 3.26. The number of benzene rings is 1. The van der Waals surface area contributed by atoms with E-state index in [-0.39, 0.29) is 22.7 Å². The van der Waals surface area contributed by atoms with Crippen molar-refractivity contribution in [3.63, 3.8) is 0 Å². The largest absolute Gasteiger partial charge is 0.393 e. The SMILES string of the molecule is C=CCNC(=C)CCc1ccc(C2CC3(C)C(O)CCC3C3CCC4CC5(CCC4=C23)OCC(C)(C)CO5)cc1. The molecule has 1 saturated heterocycles. The fraction of sp³-hybridized carbons (Fsp3) is 0.667.